The molecule has 1 aliphatic rings. The van der Waals surface area contributed by atoms with Gasteiger partial charge in [0.25, 0.3) is 0 Å². The van der Waals surface area contributed by atoms with E-state index in [2.05, 4.69) is 20.8 Å². The van der Waals surface area contributed by atoms with Crippen molar-refractivity contribution in [2.45, 2.75) is 62.6 Å². The molecule has 0 saturated heterocycles. The van der Waals surface area contributed by atoms with Gasteiger partial charge in [0.2, 0.25) is 0 Å². The molecule has 1 heterocycles. The summed E-state index contributed by atoms with van der Waals surface area (Å²) in [4.78, 5) is 13.5. The van der Waals surface area contributed by atoms with E-state index in [9.17, 15) is 14.3 Å². The molecule has 7 heteroatoms. The predicted octanol–water partition coefficient (Wildman–Crippen LogP) is 7.85. The Morgan fingerprint density at radius 1 is 1.14 bits per heavy atom. The summed E-state index contributed by atoms with van der Waals surface area (Å²) in [5.41, 5.74) is 2.18. The molecule has 0 spiro atoms. The van der Waals surface area contributed by atoms with Gasteiger partial charge in [0, 0.05) is 25.8 Å². The highest BCUT2D eigenvalue weighted by Gasteiger charge is 2.29. The van der Waals surface area contributed by atoms with Crippen LogP contribution in [0.5, 0.6) is 11.5 Å². The molecular formula is C28H31FO4S2. The maximum atomic E-state index is 14.8. The van der Waals surface area contributed by atoms with Crippen LogP contribution in [0.2, 0.25) is 0 Å². The van der Waals surface area contributed by atoms with Crippen molar-refractivity contribution < 1.29 is 23.8 Å². The molecule has 0 aliphatic heterocycles. The second kappa shape index (κ2) is 10.6. The minimum Gasteiger partial charge on any atom is -0.497 e. The van der Waals surface area contributed by atoms with E-state index < -0.39 is 5.97 Å². The summed E-state index contributed by atoms with van der Waals surface area (Å²) in [7, 11) is 1.58. The van der Waals surface area contributed by atoms with E-state index in [1.54, 1.807) is 42.3 Å². The second-order valence-electron chi connectivity index (χ2n) is 9.83. The fraction of sp³-hybridized carbons (Fsp3) is 0.393. The molecule has 1 saturated carbocycles. The molecule has 0 amide bonds. The Morgan fingerprint density at radius 2 is 1.91 bits per heavy atom. The molecule has 4 rings (SSSR count). The first-order valence-electron chi connectivity index (χ1n) is 11.7. The summed E-state index contributed by atoms with van der Waals surface area (Å²) in [6.07, 6.45) is 2.41. The van der Waals surface area contributed by atoms with Crippen molar-refractivity contribution in [2.75, 3.05) is 7.11 Å². The van der Waals surface area contributed by atoms with E-state index in [1.807, 2.05) is 30.3 Å². The van der Waals surface area contributed by atoms with E-state index >= 15 is 0 Å². The van der Waals surface area contributed by atoms with Gasteiger partial charge >= 0.3 is 5.97 Å². The molecule has 186 valence electrons. The van der Waals surface area contributed by atoms with Gasteiger partial charge in [0.15, 0.2) is 0 Å². The van der Waals surface area contributed by atoms with Crippen LogP contribution >= 0.6 is 23.1 Å². The first kappa shape index (κ1) is 25.6. The minimum absolute atomic E-state index is 0.0829. The van der Waals surface area contributed by atoms with Crippen molar-refractivity contribution in [2.24, 2.45) is 0 Å². The molecule has 2 aromatic carbocycles. The molecule has 1 aromatic heterocycles. The number of thiophene rings is 1. The number of carboxylic acids is 1. The summed E-state index contributed by atoms with van der Waals surface area (Å²) in [5, 5.41) is 9.84. The highest BCUT2D eigenvalue weighted by Crippen LogP contribution is 2.46. The van der Waals surface area contributed by atoms with Gasteiger partial charge in [-0.05, 0) is 65.8 Å². The average Bonchev–Trinajstić information content (AvgIpc) is 3.52. The van der Waals surface area contributed by atoms with E-state index in [1.165, 1.54) is 6.07 Å². The van der Waals surface area contributed by atoms with Crippen LogP contribution in [0.15, 0.2) is 48.5 Å². The lowest BCUT2D eigenvalue weighted by Gasteiger charge is -2.19. The van der Waals surface area contributed by atoms with Gasteiger partial charge in [0.05, 0.1) is 13.5 Å². The van der Waals surface area contributed by atoms with Crippen molar-refractivity contribution in [3.05, 3.63) is 69.7 Å². The molecule has 1 N–H and O–H groups in total. The SMILES string of the molecule is COc1ccc(F)c(-c2cc(COc3cccc(C(CC(=O)O)SC4CC4)c3)sc2C(C)(C)C)c1. The van der Waals surface area contributed by atoms with Gasteiger partial charge in [-0.1, -0.05) is 32.9 Å². The summed E-state index contributed by atoms with van der Waals surface area (Å²) in [5.74, 6) is 0.239. The third kappa shape index (κ3) is 6.58. The normalized spacial score (nSPS) is 14.5. The van der Waals surface area contributed by atoms with Gasteiger partial charge in [0.1, 0.15) is 23.9 Å². The second-order valence-corrected chi connectivity index (χ2v) is 12.5. The number of thioether (sulfide) groups is 1. The first-order valence-corrected chi connectivity index (χ1v) is 13.5. The molecule has 3 aromatic rings. The number of methoxy groups -OCH3 is 1. The largest absolute Gasteiger partial charge is 0.497 e. The summed E-state index contributed by atoms with van der Waals surface area (Å²) in [6.45, 7) is 6.71. The van der Waals surface area contributed by atoms with Crippen molar-refractivity contribution in [1.82, 2.24) is 0 Å². The average molecular weight is 515 g/mol. The molecule has 1 atom stereocenters. The number of benzene rings is 2. The maximum Gasteiger partial charge on any atom is 0.304 e. The first-order chi connectivity index (χ1) is 16.6. The summed E-state index contributed by atoms with van der Waals surface area (Å²) < 4.78 is 26.3. The standard InChI is InChI=1S/C28H31FO4S2/c1-28(2,3)27-23(22-13-18(32-4)8-11-24(22)29)14-21(35-27)16-33-19-7-5-6-17(12-19)25(15-26(30)31)34-20-9-10-20/h5-8,11-14,20,25H,9-10,15-16H2,1-4H3,(H,30,31). The Bertz CT molecular complexity index is 1190. The number of hydrogen-bond donors (Lipinski definition) is 1. The molecular weight excluding hydrogens is 483 g/mol. The number of carboxylic acid groups (broad SMARTS) is 1. The van der Waals surface area contributed by atoms with Crippen LogP contribution in [-0.4, -0.2) is 23.4 Å². The van der Waals surface area contributed by atoms with E-state index in [4.69, 9.17) is 9.47 Å². The number of halogens is 1. The van der Waals surface area contributed by atoms with Crippen LogP contribution in [0.4, 0.5) is 4.39 Å². The number of aliphatic carboxylic acids is 1. The minimum atomic E-state index is -0.792. The maximum absolute atomic E-state index is 14.8. The van der Waals surface area contributed by atoms with Crippen molar-refractivity contribution in [3.63, 3.8) is 0 Å². The van der Waals surface area contributed by atoms with Crippen LogP contribution in [0.1, 0.15) is 60.6 Å². The molecule has 1 aliphatic carbocycles. The van der Waals surface area contributed by atoms with Crippen LogP contribution in [0.25, 0.3) is 11.1 Å². The quantitative estimate of drug-likeness (QED) is 0.299. The lowest BCUT2D eigenvalue weighted by Crippen LogP contribution is -2.10. The third-order valence-corrected chi connectivity index (χ3v) is 8.94. The Kier molecular flexibility index (Phi) is 7.77. The number of hydrogen-bond acceptors (Lipinski definition) is 5. The van der Waals surface area contributed by atoms with Gasteiger partial charge in [-0.3, -0.25) is 4.79 Å². The lowest BCUT2D eigenvalue weighted by molar-refractivity contribution is -0.137. The van der Waals surface area contributed by atoms with Gasteiger partial charge < -0.3 is 14.6 Å². The lowest BCUT2D eigenvalue weighted by atomic mass is 9.89. The molecule has 1 unspecified atom stereocenters. The van der Waals surface area contributed by atoms with E-state index in [0.717, 1.165) is 33.7 Å². The van der Waals surface area contributed by atoms with Gasteiger partial charge in [-0.2, -0.15) is 0 Å². The number of ether oxygens (including phenoxy) is 2. The van der Waals surface area contributed by atoms with Crippen LogP contribution in [0.3, 0.4) is 0 Å². The fourth-order valence-electron chi connectivity index (χ4n) is 3.91. The Balaban J connectivity index is 1.56. The molecule has 4 nitrogen and oxygen atoms in total. The Hall–Kier alpha value is -2.51. The Morgan fingerprint density at radius 3 is 2.57 bits per heavy atom. The van der Waals surface area contributed by atoms with Crippen molar-refractivity contribution >= 4 is 29.1 Å². The Labute approximate surface area is 214 Å². The van der Waals surface area contributed by atoms with Crippen LogP contribution < -0.4 is 9.47 Å². The third-order valence-electron chi connectivity index (χ3n) is 5.78. The fourth-order valence-corrected chi connectivity index (χ4v) is 6.46. The highest BCUT2D eigenvalue weighted by atomic mass is 32.2. The molecule has 0 bridgehead atoms. The van der Waals surface area contributed by atoms with Crippen molar-refractivity contribution in [1.29, 1.82) is 0 Å². The van der Waals surface area contributed by atoms with Crippen LogP contribution in [-0.2, 0) is 16.8 Å². The number of rotatable bonds is 10. The number of carbonyl (C=O) groups is 1. The van der Waals surface area contributed by atoms with Crippen molar-refractivity contribution in [3.8, 4) is 22.6 Å². The zero-order valence-electron chi connectivity index (χ0n) is 20.5. The predicted molar refractivity (Wildman–Crippen MR) is 141 cm³/mol. The zero-order chi connectivity index (χ0) is 25.2. The zero-order valence-corrected chi connectivity index (χ0v) is 22.1. The van der Waals surface area contributed by atoms with Crippen LogP contribution in [0, 0.1) is 5.82 Å². The molecule has 0 radical (unpaired) electrons. The van der Waals surface area contributed by atoms with Gasteiger partial charge in [-0.15, -0.1) is 23.1 Å². The van der Waals surface area contributed by atoms with E-state index in [0.29, 0.717) is 28.9 Å². The summed E-state index contributed by atoms with van der Waals surface area (Å²) >= 11 is 3.37. The van der Waals surface area contributed by atoms with E-state index in [-0.39, 0.29) is 22.9 Å². The smallest absolute Gasteiger partial charge is 0.304 e. The monoisotopic (exact) mass is 514 g/mol. The highest BCUT2D eigenvalue weighted by molar-refractivity contribution is 8.00. The molecule has 1 fully saturated rings. The van der Waals surface area contributed by atoms with Gasteiger partial charge in [-0.25, -0.2) is 4.39 Å². The summed E-state index contributed by atoms with van der Waals surface area (Å²) in [6, 6.07) is 14.5. The topological polar surface area (TPSA) is 55.8 Å². The molecule has 35 heavy (non-hydrogen) atoms.